The average molecular weight is 284 g/mol. The van der Waals surface area contributed by atoms with Crippen molar-refractivity contribution in [1.29, 1.82) is 0 Å². The molecule has 2 fully saturated rings. The molecule has 114 valence electrons. The van der Waals surface area contributed by atoms with Crippen molar-refractivity contribution < 1.29 is 19.1 Å². The molecule has 2 rings (SSSR count). The standard InChI is InChI=1S/C14H24N2O4/c1-10(2)12-13(18)16(6-4-11(17)15-12)8-14(19-3)5-7-20-9-14/h10,12H,4-9H2,1-3H3,(H,15,17). The van der Waals surface area contributed by atoms with Crippen LogP contribution in [-0.4, -0.2) is 61.8 Å². The number of methoxy groups -OCH3 is 1. The summed E-state index contributed by atoms with van der Waals surface area (Å²) in [5, 5.41) is 2.81. The number of hydrogen-bond acceptors (Lipinski definition) is 4. The molecule has 0 saturated carbocycles. The maximum atomic E-state index is 12.6. The van der Waals surface area contributed by atoms with Crippen LogP contribution in [0.1, 0.15) is 26.7 Å². The molecule has 2 amide bonds. The molecule has 0 aromatic heterocycles. The van der Waals surface area contributed by atoms with E-state index in [4.69, 9.17) is 9.47 Å². The fraction of sp³-hybridized carbons (Fsp3) is 0.857. The topological polar surface area (TPSA) is 67.9 Å². The molecule has 2 aliphatic rings. The zero-order chi connectivity index (χ0) is 14.8. The van der Waals surface area contributed by atoms with Gasteiger partial charge in [-0.1, -0.05) is 13.8 Å². The molecule has 0 bridgehead atoms. The molecular weight excluding hydrogens is 260 g/mol. The zero-order valence-corrected chi connectivity index (χ0v) is 12.5. The van der Waals surface area contributed by atoms with Gasteiger partial charge in [0.05, 0.1) is 13.2 Å². The molecular formula is C14H24N2O4. The van der Waals surface area contributed by atoms with E-state index >= 15 is 0 Å². The first-order valence-electron chi connectivity index (χ1n) is 7.18. The van der Waals surface area contributed by atoms with Crippen LogP contribution in [0.4, 0.5) is 0 Å². The van der Waals surface area contributed by atoms with E-state index in [-0.39, 0.29) is 17.7 Å². The highest BCUT2D eigenvalue weighted by Gasteiger charge is 2.40. The van der Waals surface area contributed by atoms with Crippen molar-refractivity contribution >= 4 is 11.8 Å². The number of nitrogens with zero attached hydrogens (tertiary/aromatic N) is 1. The van der Waals surface area contributed by atoms with Crippen LogP contribution < -0.4 is 5.32 Å². The molecule has 6 heteroatoms. The summed E-state index contributed by atoms with van der Waals surface area (Å²) < 4.78 is 11.0. The second-order valence-electron chi connectivity index (χ2n) is 5.99. The van der Waals surface area contributed by atoms with Gasteiger partial charge in [-0.05, 0) is 5.92 Å². The predicted molar refractivity (Wildman–Crippen MR) is 73.1 cm³/mol. The van der Waals surface area contributed by atoms with Gasteiger partial charge < -0.3 is 19.7 Å². The maximum Gasteiger partial charge on any atom is 0.245 e. The van der Waals surface area contributed by atoms with Gasteiger partial charge in [-0.25, -0.2) is 0 Å². The lowest BCUT2D eigenvalue weighted by atomic mass is 9.99. The number of nitrogens with one attached hydrogen (secondary N) is 1. The molecule has 0 aromatic carbocycles. The second kappa shape index (κ2) is 6.10. The number of hydrogen-bond donors (Lipinski definition) is 1. The lowest BCUT2D eigenvalue weighted by Gasteiger charge is -2.34. The Kier molecular flexibility index (Phi) is 4.65. The zero-order valence-electron chi connectivity index (χ0n) is 12.5. The van der Waals surface area contributed by atoms with Gasteiger partial charge in [0.2, 0.25) is 11.8 Å². The lowest BCUT2D eigenvalue weighted by molar-refractivity contribution is -0.139. The Morgan fingerprint density at radius 3 is 2.80 bits per heavy atom. The van der Waals surface area contributed by atoms with Gasteiger partial charge in [0.25, 0.3) is 0 Å². The number of carbonyl (C=O) groups excluding carboxylic acids is 2. The molecule has 0 spiro atoms. The van der Waals surface area contributed by atoms with Crippen molar-refractivity contribution in [1.82, 2.24) is 10.2 Å². The first kappa shape index (κ1) is 15.3. The average Bonchev–Trinajstić information content (AvgIpc) is 2.83. The van der Waals surface area contributed by atoms with Crippen molar-refractivity contribution in [2.45, 2.75) is 38.3 Å². The van der Waals surface area contributed by atoms with Crippen molar-refractivity contribution in [2.24, 2.45) is 5.92 Å². The Bertz CT molecular complexity index is 377. The molecule has 2 aliphatic heterocycles. The van der Waals surface area contributed by atoms with E-state index in [1.807, 2.05) is 13.8 Å². The fourth-order valence-electron chi connectivity index (χ4n) is 2.75. The minimum atomic E-state index is -0.443. The Morgan fingerprint density at radius 1 is 1.50 bits per heavy atom. The molecule has 2 unspecified atom stereocenters. The quantitative estimate of drug-likeness (QED) is 0.799. The maximum absolute atomic E-state index is 12.6. The molecule has 2 heterocycles. The van der Waals surface area contributed by atoms with Crippen molar-refractivity contribution in [3.63, 3.8) is 0 Å². The van der Waals surface area contributed by atoms with Crippen LogP contribution in [0.2, 0.25) is 0 Å². The Labute approximate surface area is 119 Å². The summed E-state index contributed by atoms with van der Waals surface area (Å²) in [7, 11) is 1.65. The third kappa shape index (κ3) is 3.12. The van der Waals surface area contributed by atoms with Crippen LogP contribution in [0.25, 0.3) is 0 Å². The van der Waals surface area contributed by atoms with Crippen LogP contribution >= 0.6 is 0 Å². The van der Waals surface area contributed by atoms with Crippen molar-refractivity contribution in [3.8, 4) is 0 Å². The molecule has 1 N–H and O–H groups in total. The van der Waals surface area contributed by atoms with Crippen molar-refractivity contribution in [3.05, 3.63) is 0 Å². The molecule has 20 heavy (non-hydrogen) atoms. The Balaban J connectivity index is 2.12. The van der Waals surface area contributed by atoms with Crippen LogP contribution in [-0.2, 0) is 19.1 Å². The molecule has 0 aromatic rings. The van der Waals surface area contributed by atoms with E-state index < -0.39 is 11.6 Å². The molecule has 0 aliphatic carbocycles. The van der Waals surface area contributed by atoms with Crippen LogP contribution in [0.5, 0.6) is 0 Å². The largest absolute Gasteiger partial charge is 0.378 e. The van der Waals surface area contributed by atoms with Gasteiger partial charge in [0.1, 0.15) is 11.6 Å². The first-order chi connectivity index (χ1) is 9.47. The lowest BCUT2D eigenvalue weighted by Crippen LogP contribution is -2.53. The summed E-state index contributed by atoms with van der Waals surface area (Å²) >= 11 is 0. The highest BCUT2D eigenvalue weighted by molar-refractivity contribution is 5.90. The summed E-state index contributed by atoms with van der Waals surface area (Å²) in [4.78, 5) is 26.1. The highest BCUT2D eigenvalue weighted by atomic mass is 16.5. The van der Waals surface area contributed by atoms with E-state index in [2.05, 4.69) is 5.32 Å². The number of ether oxygens (including phenoxy) is 2. The van der Waals surface area contributed by atoms with Gasteiger partial charge in [0.15, 0.2) is 0 Å². The summed E-state index contributed by atoms with van der Waals surface area (Å²) in [6.07, 6.45) is 1.12. The normalized spacial score (nSPS) is 31.6. The van der Waals surface area contributed by atoms with Crippen LogP contribution in [0.15, 0.2) is 0 Å². The monoisotopic (exact) mass is 284 g/mol. The van der Waals surface area contributed by atoms with Gasteiger partial charge in [-0.2, -0.15) is 0 Å². The molecule has 0 radical (unpaired) electrons. The molecule has 2 saturated heterocycles. The number of amides is 2. The predicted octanol–water partition coefficient (Wildman–Crippen LogP) is 0.165. The number of carbonyl (C=O) groups is 2. The highest BCUT2D eigenvalue weighted by Crippen LogP contribution is 2.25. The first-order valence-corrected chi connectivity index (χ1v) is 7.18. The summed E-state index contributed by atoms with van der Waals surface area (Å²) in [6.45, 7) is 5.97. The summed E-state index contributed by atoms with van der Waals surface area (Å²) in [6, 6.07) is -0.443. The minimum absolute atomic E-state index is 0.0193. The third-order valence-electron chi connectivity index (χ3n) is 4.15. The van der Waals surface area contributed by atoms with E-state index in [1.54, 1.807) is 12.0 Å². The fourth-order valence-corrected chi connectivity index (χ4v) is 2.75. The van der Waals surface area contributed by atoms with Gasteiger partial charge >= 0.3 is 0 Å². The van der Waals surface area contributed by atoms with E-state index in [0.717, 1.165) is 6.42 Å². The van der Waals surface area contributed by atoms with Crippen LogP contribution in [0.3, 0.4) is 0 Å². The van der Waals surface area contributed by atoms with Crippen LogP contribution in [0, 0.1) is 5.92 Å². The van der Waals surface area contributed by atoms with Gasteiger partial charge in [-0.15, -0.1) is 0 Å². The SMILES string of the molecule is COC1(CN2CCC(=O)NC(C(C)C)C2=O)CCOC1. The third-order valence-corrected chi connectivity index (χ3v) is 4.15. The minimum Gasteiger partial charge on any atom is -0.378 e. The van der Waals surface area contributed by atoms with Crippen molar-refractivity contribution in [2.75, 3.05) is 33.4 Å². The van der Waals surface area contributed by atoms with E-state index in [1.165, 1.54) is 0 Å². The summed E-state index contributed by atoms with van der Waals surface area (Å²) in [5.41, 5.74) is -0.426. The molecule has 2 atom stereocenters. The Hall–Kier alpha value is -1.14. The second-order valence-corrected chi connectivity index (χ2v) is 5.99. The Morgan fingerprint density at radius 2 is 2.25 bits per heavy atom. The molecule has 6 nitrogen and oxygen atoms in total. The van der Waals surface area contributed by atoms with E-state index in [0.29, 0.717) is 32.7 Å². The van der Waals surface area contributed by atoms with E-state index in [9.17, 15) is 9.59 Å². The summed E-state index contributed by atoms with van der Waals surface area (Å²) in [5.74, 6) is -0.00626. The van der Waals surface area contributed by atoms with Gasteiger partial charge in [0, 0.05) is 33.1 Å². The number of rotatable bonds is 4. The smallest absolute Gasteiger partial charge is 0.245 e. The van der Waals surface area contributed by atoms with Gasteiger partial charge in [-0.3, -0.25) is 9.59 Å².